The maximum Gasteiger partial charge on any atom is 0.181 e. The SMILES string of the molecule is CN1CCC[C@H]([C@H](O)c2cc3ccc(-c4cnc5nn(C)cc5c4)nc3s2)C1. The number of piperidine rings is 1. The lowest BCUT2D eigenvalue weighted by Gasteiger charge is -2.32. The van der Waals surface area contributed by atoms with E-state index in [1.54, 1.807) is 16.0 Å². The number of hydrogen-bond acceptors (Lipinski definition) is 6. The minimum atomic E-state index is -0.418. The van der Waals surface area contributed by atoms with Gasteiger partial charge in [0.25, 0.3) is 0 Å². The van der Waals surface area contributed by atoms with E-state index in [9.17, 15) is 5.11 Å². The van der Waals surface area contributed by atoms with Gasteiger partial charge < -0.3 is 10.0 Å². The second-order valence-electron chi connectivity index (χ2n) is 7.79. The molecule has 4 aromatic heterocycles. The largest absolute Gasteiger partial charge is 0.387 e. The molecular weight excluding hydrogens is 370 g/mol. The van der Waals surface area contributed by atoms with Crippen LogP contribution in [0.2, 0.25) is 0 Å². The summed E-state index contributed by atoms with van der Waals surface area (Å²) in [4.78, 5) is 13.6. The van der Waals surface area contributed by atoms with E-state index in [1.165, 1.54) is 0 Å². The molecule has 2 atom stereocenters. The number of aliphatic hydroxyl groups is 1. The molecule has 7 heteroatoms. The van der Waals surface area contributed by atoms with Crippen molar-refractivity contribution in [1.82, 2.24) is 24.6 Å². The monoisotopic (exact) mass is 393 g/mol. The van der Waals surface area contributed by atoms with Gasteiger partial charge in [0.2, 0.25) is 0 Å². The van der Waals surface area contributed by atoms with Crippen LogP contribution in [0.25, 0.3) is 32.5 Å². The molecule has 0 aromatic carbocycles. The number of hydrogen-bond donors (Lipinski definition) is 1. The fourth-order valence-electron chi connectivity index (χ4n) is 4.11. The first kappa shape index (κ1) is 17.7. The van der Waals surface area contributed by atoms with Crippen molar-refractivity contribution < 1.29 is 5.11 Å². The van der Waals surface area contributed by atoms with Gasteiger partial charge in [0.05, 0.1) is 11.8 Å². The Hall–Kier alpha value is -2.35. The topological polar surface area (TPSA) is 67.1 Å². The molecule has 0 amide bonds. The first-order valence-electron chi connectivity index (χ1n) is 9.64. The molecule has 28 heavy (non-hydrogen) atoms. The first-order chi connectivity index (χ1) is 13.6. The van der Waals surface area contributed by atoms with Crippen molar-refractivity contribution in [2.75, 3.05) is 20.1 Å². The van der Waals surface area contributed by atoms with Crippen LogP contribution in [-0.4, -0.2) is 49.9 Å². The third-order valence-electron chi connectivity index (χ3n) is 5.57. The molecule has 6 nitrogen and oxygen atoms in total. The molecule has 0 bridgehead atoms. The van der Waals surface area contributed by atoms with E-state index in [-0.39, 0.29) is 0 Å². The highest BCUT2D eigenvalue weighted by molar-refractivity contribution is 7.18. The van der Waals surface area contributed by atoms with Crippen molar-refractivity contribution >= 4 is 32.6 Å². The molecule has 1 N–H and O–H groups in total. The number of thiophene rings is 1. The summed E-state index contributed by atoms with van der Waals surface area (Å²) in [6.45, 7) is 2.07. The molecule has 1 aliphatic rings. The molecular formula is C21H23N5OS. The van der Waals surface area contributed by atoms with Crippen LogP contribution in [0.4, 0.5) is 0 Å². The molecule has 0 saturated carbocycles. The summed E-state index contributed by atoms with van der Waals surface area (Å²) >= 11 is 1.60. The summed E-state index contributed by atoms with van der Waals surface area (Å²) in [5.74, 6) is 0.295. The molecule has 0 spiro atoms. The average Bonchev–Trinajstić information content (AvgIpc) is 3.28. The van der Waals surface area contributed by atoms with Crippen LogP contribution in [0.3, 0.4) is 0 Å². The highest BCUT2D eigenvalue weighted by Gasteiger charge is 2.27. The molecule has 0 unspecified atom stereocenters. The van der Waals surface area contributed by atoms with E-state index in [2.05, 4.69) is 40.2 Å². The van der Waals surface area contributed by atoms with Crippen molar-refractivity contribution in [3.8, 4) is 11.3 Å². The smallest absolute Gasteiger partial charge is 0.181 e. The highest BCUT2D eigenvalue weighted by atomic mass is 32.1. The van der Waals surface area contributed by atoms with E-state index in [0.29, 0.717) is 5.92 Å². The van der Waals surface area contributed by atoms with Gasteiger partial charge in [-0.2, -0.15) is 5.10 Å². The maximum atomic E-state index is 10.9. The predicted octanol–water partition coefficient (Wildman–Crippen LogP) is 3.62. The van der Waals surface area contributed by atoms with Crippen LogP contribution in [0.5, 0.6) is 0 Å². The maximum absolute atomic E-state index is 10.9. The summed E-state index contributed by atoms with van der Waals surface area (Å²) in [7, 11) is 4.03. The van der Waals surface area contributed by atoms with Gasteiger partial charge in [-0.3, -0.25) is 4.68 Å². The van der Waals surface area contributed by atoms with Gasteiger partial charge >= 0.3 is 0 Å². The molecule has 1 saturated heterocycles. The quantitative estimate of drug-likeness (QED) is 0.576. The minimum absolute atomic E-state index is 0.295. The van der Waals surface area contributed by atoms with Gasteiger partial charge in [0.15, 0.2) is 5.65 Å². The average molecular weight is 394 g/mol. The van der Waals surface area contributed by atoms with Crippen molar-refractivity contribution in [2.24, 2.45) is 13.0 Å². The van der Waals surface area contributed by atoms with Gasteiger partial charge in [-0.15, -0.1) is 11.3 Å². The highest BCUT2D eigenvalue weighted by Crippen LogP contribution is 2.36. The van der Waals surface area contributed by atoms with Crippen LogP contribution in [0.15, 0.2) is 36.7 Å². The van der Waals surface area contributed by atoms with E-state index in [0.717, 1.165) is 63.3 Å². The summed E-state index contributed by atoms with van der Waals surface area (Å²) in [5.41, 5.74) is 2.61. The van der Waals surface area contributed by atoms with Crippen molar-refractivity contribution in [3.05, 3.63) is 41.5 Å². The molecule has 0 aliphatic carbocycles. The third kappa shape index (κ3) is 3.19. The summed E-state index contributed by atoms with van der Waals surface area (Å²) in [5, 5.41) is 17.3. The van der Waals surface area contributed by atoms with Crippen LogP contribution in [-0.2, 0) is 7.05 Å². The second kappa shape index (κ2) is 6.92. The number of nitrogens with zero attached hydrogens (tertiary/aromatic N) is 5. The fourth-order valence-corrected chi connectivity index (χ4v) is 5.22. The Morgan fingerprint density at radius 2 is 2.11 bits per heavy atom. The van der Waals surface area contributed by atoms with Gasteiger partial charge in [-0.25, -0.2) is 9.97 Å². The zero-order valence-electron chi connectivity index (χ0n) is 16.0. The van der Waals surface area contributed by atoms with Gasteiger partial charge in [0.1, 0.15) is 4.83 Å². The third-order valence-corrected chi connectivity index (χ3v) is 6.69. The van der Waals surface area contributed by atoms with Crippen molar-refractivity contribution in [3.63, 3.8) is 0 Å². The lowest BCUT2D eigenvalue weighted by atomic mass is 9.92. The molecule has 1 aliphatic heterocycles. The molecule has 1 fully saturated rings. The van der Waals surface area contributed by atoms with E-state index >= 15 is 0 Å². The minimum Gasteiger partial charge on any atom is -0.387 e. The number of likely N-dealkylation sites (tertiary alicyclic amines) is 1. The van der Waals surface area contributed by atoms with Crippen LogP contribution in [0, 0.1) is 5.92 Å². The molecule has 0 radical (unpaired) electrons. The Morgan fingerprint density at radius 1 is 1.21 bits per heavy atom. The summed E-state index contributed by atoms with van der Waals surface area (Å²) in [6, 6.07) is 8.28. The predicted molar refractivity (Wildman–Crippen MR) is 112 cm³/mol. The zero-order chi connectivity index (χ0) is 19.3. The molecule has 4 aromatic rings. The number of aliphatic hydroxyl groups excluding tert-OH is 1. The molecule has 5 heterocycles. The van der Waals surface area contributed by atoms with Crippen molar-refractivity contribution in [2.45, 2.75) is 18.9 Å². The van der Waals surface area contributed by atoms with Gasteiger partial charge in [-0.05, 0) is 50.7 Å². The second-order valence-corrected chi connectivity index (χ2v) is 8.85. The summed E-state index contributed by atoms with van der Waals surface area (Å²) < 4.78 is 1.77. The summed E-state index contributed by atoms with van der Waals surface area (Å²) in [6.07, 6.45) is 5.60. The van der Waals surface area contributed by atoms with E-state index in [1.807, 2.05) is 25.5 Å². The Morgan fingerprint density at radius 3 is 2.96 bits per heavy atom. The number of pyridine rings is 2. The zero-order valence-corrected chi connectivity index (χ0v) is 16.9. The van der Waals surface area contributed by atoms with Crippen LogP contribution >= 0.6 is 11.3 Å². The Kier molecular flexibility index (Phi) is 4.38. The van der Waals surface area contributed by atoms with E-state index < -0.39 is 6.10 Å². The Labute approximate surface area is 167 Å². The Balaban J connectivity index is 1.47. The number of fused-ring (bicyclic) bond motifs is 2. The fraction of sp³-hybridized carbons (Fsp3) is 0.381. The molecule has 5 rings (SSSR count). The first-order valence-corrected chi connectivity index (χ1v) is 10.5. The number of aromatic nitrogens is 4. The van der Waals surface area contributed by atoms with Gasteiger partial charge in [-0.1, -0.05) is 0 Å². The molecule has 144 valence electrons. The number of rotatable bonds is 3. The van der Waals surface area contributed by atoms with Crippen LogP contribution in [0.1, 0.15) is 23.8 Å². The lowest BCUT2D eigenvalue weighted by Crippen LogP contribution is -2.34. The van der Waals surface area contributed by atoms with Crippen molar-refractivity contribution in [1.29, 1.82) is 0 Å². The number of aryl methyl sites for hydroxylation is 1. The van der Waals surface area contributed by atoms with Gasteiger partial charge in [0, 0.05) is 53.1 Å². The normalized spacial score (nSPS) is 19.5. The standard InChI is InChI=1S/C21H23N5OS/c1-25-7-3-4-14(11-25)19(27)18-9-13-5-6-17(23-21(13)28-18)15-8-16-12-26(2)24-20(16)22-10-15/h5-6,8-10,12,14,19,27H,3-4,7,11H2,1-2H3/t14-,19-/m0/s1. The lowest BCUT2D eigenvalue weighted by molar-refractivity contribution is 0.0617. The van der Waals surface area contributed by atoms with E-state index in [4.69, 9.17) is 4.98 Å². The van der Waals surface area contributed by atoms with Crippen LogP contribution < -0.4 is 0 Å². The Bertz CT molecular complexity index is 1150.